The third kappa shape index (κ3) is 4.23. The van der Waals surface area contributed by atoms with Gasteiger partial charge in [0, 0.05) is 37.2 Å². The average Bonchev–Trinajstić information content (AvgIpc) is 3.12. The molecular weight excluding hydrogens is 344 g/mol. The first kappa shape index (κ1) is 18.0. The van der Waals surface area contributed by atoms with E-state index in [1.165, 1.54) is 0 Å². The number of hydrazine groups is 1. The molecular formula is C17H23ClN4O3. The molecule has 2 saturated heterocycles. The number of benzene rings is 1. The van der Waals surface area contributed by atoms with Crippen molar-refractivity contribution in [2.75, 3.05) is 32.8 Å². The Morgan fingerprint density at radius 2 is 1.76 bits per heavy atom. The number of halogens is 1. The zero-order valence-electron chi connectivity index (χ0n) is 14.2. The molecule has 0 radical (unpaired) electrons. The van der Waals surface area contributed by atoms with Gasteiger partial charge < -0.3 is 14.5 Å². The van der Waals surface area contributed by atoms with E-state index >= 15 is 0 Å². The van der Waals surface area contributed by atoms with E-state index in [1.54, 1.807) is 16.7 Å². The first-order valence-electron chi connectivity index (χ1n) is 8.55. The predicted octanol–water partition coefficient (Wildman–Crippen LogP) is 1.55. The number of piperazine rings is 1. The minimum Gasteiger partial charge on any atom is -0.450 e. The molecule has 2 N–H and O–H groups in total. The van der Waals surface area contributed by atoms with Crippen LogP contribution in [0.1, 0.15) is 24.9 Å². The van der Waals surface area contributed by atoms with Crippen molar-refractivity contribution in [1.82, 2.24) is 20.7 Å². The lowest BCUT2D eigenvalue weighted by Crippen LogP contribution is -2.54. The van der Waals surface area contributed by atoms with Crippen LogP contribution in [0.3, 0.4) is 0 Å². The molecule has 2 unspecified atom stereocenters. The van der Waals surface area contributed by atoms with Crippen molar-refractivity contribution in [2.45, 2.75) is 25.4 Å². The lowest BCUT2D eigenvalue weighted by molar-refractivity contribution is -0.134. The van der Waals surface area contributed by atoms with Gasteiger partial charge in [0.25, 0.3) is 0 Å². The molecule has 7 nitrogen and oxygen atoms in total. The lowest BCUT2D eigenvalue weighted by atomic mass is 10.0. The molecule has 136 valence electrons. The van der Waals surface area contributed by atoms with Crippen LogP contribution in [0.25, 0.3) is 0 Å². The number of carbonyl (C=O) groups is 2. The minimum absolute atomic E-state index is 0.0625. The van der Waals surface area contributed by atoms with Crippen molar-refractivity contribution >= 4 is 23.6 Å². The number of nitrogens with one attached hydrogen (secondary N) is 2. The van der Waals surface area contributed by atoms with Crippen molar-refractivity contribution in [1.29, 1.82) is 0 Å². The van der Waals surface area contributed by atoms with Gasteiger partial charge in [0.1, 0.15) is 6.04 Å². The van der Waals surface area contributed by atoms with E-state index < -0.39 is 0 Å². The van der Waals surface area contributed by atoms with Gasteiger partial charge in [0.15, 0.2) is 0 Å². The summed E-state index contributed by atoms with van der Waals surface area (Å²) in [7, 11) is 0. The Labute approximate surface area is 152 Å². The largest absolute Gasteiger partial charge is 0.450 e. The molecule has 0 saturated carbocycles. The number of hydrogen-bond donors (Lipinski definition) is 2. The maximum absolute atomic E-state index is 12.7. The van der Waals surface area contributed by atoms with Gasteiger partial charge >= 0.3 is 6.09 Å². The van der Waals surface area contributed by atoms with Crippen molar-refractivity contribution in [2.24, 2.45) is 0 Å². The number of rotatable bonds is 3. The molecule has 3 rings (SSSR count). The molecule has 0 aliphatic carbocycles. The molecule has 2 aliphatic heterocycles. The normalized spacial score (nSPS) is 23.6. The molecule has 2 amide bonds. The van der Waals surface area contributed by atoms with Crippen LogP contribution in [-0.2, 0) is 9.53 Å². The van der Waals surface area contributed by atoms with Crippen molar-refractivity contribution in [3.63, 3.8) is 0 Å². The molecule has 1 aromatic rings. The highest BCUT2D eigenvalue weighted by Gasteiger charge is 2.34. The van der Waals surface area contributed by atoms with E-state index in [1.807, 2.05) is 24.3 Å². The van der Waals surface area contributed by atoms with Crippen LogP contribution >= 0.6 is 11.6 Å². The van der Waals surface area contributed by atoms with Crippen LogP contribution in [0, 0.1) is 0 Å². The predicted molar refractivity (Wildman–Crippen MR) is 94.0 cm³/mol. The molecule has 1 aromatic carbocycles. The smallest absolute Gasteiger partial charge is 0.409 e. The Balaban J connectivity index is 1.51. The maximum Gasteiger partial charge on any atom is 0.409 e. The van der Waals surface area contributed by atoms with Crippen LogP contribution in [-0.4, -0.2) is 60.6 Å². The number of amides is 2. The quantitative estimate of drug-likeness (QED) is 0.849. The third-order valence-corrected chi connectivity index (χ3v) is 4.84. The summed E-state index contributed by atoms with van der Waals surface area (Å²) in [4.78, 5) is 27.9. The Morgan fingerprint density at radius 3 is 2.40 bits per heavy atom. The summed E-state index contributed by atoms with van der Waals surface area (Å²) in [5.41, 5.74) is 7.37. The maximum atomic E-state index is 12.7. The highest BCUT2D eigenvalue weighted by Crippen LogP contribution is 2.24. The number of hydrogen-bond acceptors (Lipinski definition) is 5. The van der Waals surface area contributed by atoms with Crippen molar-refractivity contribution in [3.05, 3.63) is 34.9 Å². The molecule has 2 atom stereocenters. The second-order valence-corrected chi connectivity index (χ2v) is 6.63. The van der Waals surface area contributed by atoms with E-state index in [0.717, 1.165) is 5.56 Å². The zero-order chi connectivity index (χ0) is 17.8. The van der Waals surface area contributed by atoms with Gasteiger partial charge in [-0.3, -0.25) is 4.79 Å². The molecule has 2 heterocycles. The fourth-order valence-corrected chi connectivity index (χ4v) is 3.30. The summed E-state index contributed by atoms with van der Waals surface area (Å²) < 4.78 is 5.00. The Morgan fingerprint density at radius 1 is 1.12 bits per heavy atom. The third-order valence-electron chi connectivity index (χ3n) is 4.59. The molecule has 2 fully saturated rings. The molecule has 25 heavy (non-hydrogen) atoms. The van der Waals surface area contributed by atoms with Crippen LogP contribution in [0.15, 0.2) is 24.3 Å². The van der Waals surface area contributed by atoms with E-state index in [2.05, 4.69) is 10.9 Å². The van der Waals surface area contributed by atoms with Crippen LogP contribution in [0.2, 0.25) is 5.02 Å². The van der Waals surface area contributed by atoms with Gasteiger partial charge in [0.2, 0.25) is 5.91 Å². The highest BCUT2D eigenvalue weighted by atomic mass is 35.5. The fraction of sp³-hybridized carbons (Fsp3) is 0.529. The number of ether oxygens (including phenoxy) is 1. The molecule has 0 bridgehead atoms. The summed E-state index contributed by atoms with van der Waals surface area (Å²) in [6.07, 6.45) is 0.372. The van der Waals surface area contributed by atoms with Gasteiger partial charge in [-0.25, -0.2) is 15.6 Å². The number of carbonyl (C=O) groups excluding carboxylic acids is 2. The number of nitrogens with zero attached hydrogens (tertiary/aromatic N) is 2. The van der Waals surface area contributed by atoms with Crippen LogP contribution < -0.4 is 10.9 Å². The van der Waals surface area contributed by atoms with Gasteiger partial charge in [-0.05, 0) is 31.0 Å². The summed E-state index contributed by atoms with van der Waals surface area (Å²) >= 11 is 5.92. The van der Waals surface area contributed by atoms with E-state index in [0.29, 0.717) is 44.2 Å². The monoisotopic (exact) mass is 366 g/mol. The standard InChI is InChI=1S/C17H23ClN4O3/c1-2-25-17(24)22-9-7-21(8-10-22)16(23)15-11-14(19-20-15)12-3-5-13(18)6-4-12/h3-6,14-15,19-20H,2,7-11H2,1H3. The first-order valence-corrected chi connectivity index (χ1v) is 8.93. The summed E-state index contributed by atoms with van der Waals surface area (Å²) in [5.74, 6) is 0.0625. The molecule has 8 heteroatoms. The van der Waals surface area contributed by atoms with Gasteiger partial charge in [0.05, 0.1) is 6.61 Å². The molecule has 2 aliphatic rings. The summed E-state index contributed by atoms with van der Waals surface area (Å²) in [6.45, 7) is 4.22. The minimum atomic E-state index is -0.307. The molecule has 0 spiro atoms. The highest BCUT2D eigenvalue weighted by molar-refractivity contribution is 6.30. The van der Waals surface area contributed by atoms with Crippen LogP contribution in [0.5, 0.6) is 0 Å². The average molecular weight is 367 g/mol. The van der Waals surface area contributed by atoms with E-state index in [4.69, 9.17) is 16.3 Å². The summed E-state index contributed by atoms with van der Waals surface area (Å²) in [5, 5.41) is 0.696. The van der Waals surface area contributed by atoms with Gasteiger partial charge in [-0.2, -0.15) is 0 Å². The van der Waals surface area contributed by atoms with E-state index in [9.17, 15) is 9.59 Å². The van der Waals surface area contributed by atoms with Gasteiger partial charge in [-0.1, -0.05) is 23.7 Å². The second-order valence-electron chi connectivity index (χ2n) is 6.19. The Kier molecular flexibility index (Phi) is 5.78. The second kappa shape index (κ2) is 8.03. The van der Waals surface area contributed by atoms with Crippen molar-refractivity contribution in [3.8, 4) is 0 Å². The Hall–Kier alpha value is -1.83. The SMILES string of the molecule is CCOC(=O)N1CCN(C(=O)C2CC(c3ccc(Cl)cc3)NN2)CC1. The summed E-state index contributed by atoms with van der Waals surface area (Å²) in [6, 6.07) is 7.44. The van der Waals surface area contributed by atoms with Crippen LogP contribution in [0.4, 0.5) is 4.79 Å². The fourth-order valence-electron chi connectivity index (χ4n) is 3.18. The first-order chi connectivity index (χ1) is 12.1. The Bertz CT molecular complexity index is 617. The van der Waals surface area contributed by atoms with E-state index in [-0.39, 0.29) is 24.1 Å². The zero-order valence-corrected chi connectivity index (χ0v) is 15.0. The molecule has 0 aromatic heterocycles. The van der Waals surface area contributed by atoms with Crippen molar-refractivity contribution < 1.29 is 14.3 Å². The lowest BCUT2D eigenvalue weighted by Gasteiger charge is -2.35. The van der Waals surface area contributed by atoms with Gasteiger partial charge in [-0.15, -0.1) is 0 Å². The topological polar surface area (TPSA) is 73.9 Å².